The van der Waals surface area contributed by atoms with Gasteiger partial charge in [0, 0.05) is 145 Å². The number of hydrogen-bond donors (Lipinski definition) is 10. The molecule has 15 rings (SSSR count). The van der Waals surface area contributed by atoms with Gasteiger partial charge >= 0.3 is 18.9 Å². The number of halogens is 11. The van der Waals surface area contributed by atoms with Gasteiger partial charge in [-0.1, -0.05) is 48.0 Å². The van der Waals surface area contributed by atoms with Gasteiger partial charge in [0.1, 0.15) is 5.69 Å². The molecule has 44 heteroatoms. The Morgan fingerprint density at radius 1 is 0.391 bits per heavy atom. The predicted octanol–water partition coefficient (Wildman–Crippen LogP) is 17.9. The van der Waals surface area contributed by atoms with E-state index in [1.54, 1.807) is 67.8 Å². The summed E-state index contributed by atoms with van der Waals surface area (Å²) in [6.45, 7) is 16.3. The van der Waals surface area contributed by atoms with Crippen molar-refractivity contribution >= 4 is 101 Å². The molecule has 5 saturated carbocycles. The summed E-state index contributed by atoms with van der Waals surface area (Å²) in [7, 11) is -16.1. The second-order valence-electron chi connectivity index (χ2n) is 35.8. The van der Waals surface area contributed by atoms with Gasteiger partial charge in [0.15, 0.2) is 40.5 Å². The van der Waals surface area contributed by atoms with Crippen molar-refractivity contribution in [1.29, 1.82) is 0 Å². The van der Waals surface area contributed by atoms with Gasteiger partial charge in [0.2, 0.25) is 67.4 Å². The van der Waals surface area contributed by atoms with Crippen LogP contribution in [0.15, 0.2) is 109 Å². The third-order valence-electron chi connectivity index (χ3n) is 24.4. The molecule has 10 N–H and O–H groups in total. The number of alkyl halides is 6. The van der Waals surface area contributed by atoms with E-state index < -0.39 is 114 Å². The largest absolute Gasteiger partial charge is 0.586 e. The molecule has 0 radical (unpaired) electrons. The summed E-state index contributed by atoms with van der Waals surface area (Å²) < 4.78 is 291. The van der Waals surface area contributed by atoms with Gasteiger partial charge in [-0.15, -0.1) is 26.3 Å². The first-order chi connectivity index (χ1) is 62.5. The van der Waals surface area contributed by atoms with E-state index in [0.717, 1.165) is 169 Å². The Morgan fingerprint density at radius 3 is 1.03 bits per heavy atom. The number of fused-ring (bicyclic) bond motifs is 4. The second-order valence-corrected chi connectivity index (χ2v) is 47.1. The van der Waals surface area contributed by atoms with Gasteiger partial charge in [-0.3, -0.25) is 9.97 Å². The minimum atomic E-state index is -3.86. The number of ether oxygens (including phenoxy) is 6. The van der Waals surface area contributed by atoms with Gasteiger partial charge in [-0.2, -0.15) is 0 Å². The van der Waals surface area contributed by atoms with Crippen LogP contribution in [-0.4, -0.2) is 161 Å². The lowest BCUT2D eigenvalue weighted by atomic mass is 9.86. The zero-order valence-electron chi connectivity index (χ0n) is 75.2. The lowest BCUT2D eigenvalue weighted by molar-refractivity contribution is -0.288. The average molecular weight is 2000 g/mol. The smallest absolute Gasteiger partial charge is 0.395 e. The van der Waals surface area contributed by atoms with E-state index in [-0.39, 0.29) is 88.3 Å². The van der Waals surface area contributed by atoms with E-state index >= 15 is 0 Å². The number of nitrogens with one attached hydrogen (secondary N) is 10. The summed E-state index contributed by atoms with van der Waals surface area (Å²) in [4.78, 5) is 8.56. The van der Waals surface area contributed by atoms with E-state index in [4.69, 9.17) is 11.6 Å². The zero-order chi connectivity index (χ0) is 96.7. The molecule has 2 aromatic heterocycles. The average Bonchev–Trinajstić information content (AvgIpc) is 1.64. The molecule has 8 aliphatic rings. The summed E-state index contributed by atoms with van der Waals surface area (Å²) in [5, 5.41) is 17.0. The first-order valence-electron chi connectivity index (χ1n) is 44.8. The number of rotatable bonds is 30. The summed E-state index contributed by atoms with van der Waals surface area (Å²) >= 11 is 6.31. The Balaban J connectivity index is 0.000000160. The Hall–Kier alpha value is -8.40. The van der Waals surface area contributed by atoms with Crippen molar-refractivity contribution in [2.45, 2.75) is 243 Å². The fourth-order valence-electron chi connectivity index (χ4n) is 16.4. The van der Waals surface area contributed by atoms with Crippen molar-refractivity contribution in [1.82, 2.24) is 33.6 Å². The molecule has 0 amide bonds. The molecular weight excluding hydrogens is 1880 g/mol. The van der Waals surface area contributed by atoms with E-state index in [1.165, 1.54) is 24.3 Å². The van der Waals surface area contributed by atoms with Crippen LogP contribution in [0.5, 0.6) is 34.5 Å². The molecule has 28 nitrogen and oxygen atoms in total. The zero-order valence-corrected chi connectivity index (χ0v) is 80.0. The van der Waals surface area contributed by atoms with Crippen LogP contribution < -0.4 is 78.6 Å². The summed E-state index contributed by atoms with van der Waals surface area (Å²) in [5.41, 5.74) is 4.58. The summed E-state index contributed by atoms with van der Waals surface area (Å²) in [6.07, 6.45) is 8.41. The van der Waals surface area contributed by atoms with Crippen LogP contribution in [0.25, 0.3) is 22.2 Å². The topological polar surface area (TPSA) is 372 Å². The van der Waals surface area contributed by atoms with E-state index in [1.807, 2.05) is 48.5 Å². The Bertz CT molecular complexity index is 5680. The third kappa shape index (κ3) is 31.3. The van der Waals surface area contributed by atoms with Crippen LogP contribution in [0.3, 0.4) is 0 Å². The minimum absolute atomic E-state index is 0.0375. The number of hydrogen-bond acceptors (Lipinski definition) is 23. The number of sulfonamides is 5. The highest BCUT2D eigenvalue weighted by molar-refractivity contribution is 7.91. The quantitative estimate of drug-likeness (QED) is 0.0187. The molecule has 5 fully saturated rings. The molecule has 133 heavy (non-hydrogen) atoms. The highest BCUT2D eigenvalue weighted by Crippen LogP contribution is 2.48. The highest BCUT2D eigenvalue weighted by atomic mass is 35.5. The molecule has 0 unspecified atom stereocenters. The first-order valence-corrected chi connectivity index (χ1v) is 53.1. The van der Waals surface area contributed by atoms with Crippen molar-refractivity contribution < 1.29 is 114 Å². The van der Waals surface area contributed by atoms with Crippen molar-refractivity contribution in [3.8, 4) is 45.8 Å². The standard InChI is InChI=1S/C20H26FN3O2S.C18H24ClN3O2S.C18H25F3N2O4S.C17H23F3N2O4S.C16H21F3N2O4S/c1-2-27(25,26)24-17-10-8-15(9-11-17)13-22-18-12-19(21)20(23-14-18)16-6-4-3-5-7-16;1-2-25(23,24)22-15-7-5-13(6-8-15)12-21-16-10-14-4-3-9-20-18(14)17(19)11-16;1-17(2,3)28(24,25)23-12-6-4-11(5-7-12)10-22-13-8-14(19)16-15(9-13)26-18(20,21)27-16;1-10(2)27(23,24)22-12-5-3-11(4-6-12)9-21-13-7-14(18)16-15(8-13)25-17(19,20)26-16;1-2-26(22,23)21-11-5-3-10(4-6-11)9-20-12-7-13(17)15-14(8-12)24-16(18,19)25-15/h3-7,12,14-15,17,22,24H,2,8-11,13H2,1H3;3-4,9-11,13,15,21-22H,2,5-8,12H2,1H3;8-9,11-12,22-23H,4-7,10H2,1-3H3;7-8,10-12,21-22H,3-6,9H2,1-2H3;7-8,10-11,20-21H,2-6,9H2,1H3. The Labute approximate surface area is 776 Å². The number of aromatic nitrogens is 2. The fraction of sp³-hybridized carbons (Fsp3) is 0.573. The molecule has 7 aromatic rings. The van der Waals surface area contributed by atoms with Crippen molar-refractivity contribution in [2.75, 3.05) is 76.6 Å². The van der Waals surface area contributed by atoms with E-state index in [9.17, 15) is 86.0 Å². The Morgan fingerprint density at radius 2 is 0.707 bits per heavy atom. The summed E-state index contributed by atoms with van der Waals surface area (Å²) in [6, 6.07) is 25.7. The van der Waals surface area contributed by atoms with Crippen LogP contribution in [0.1, 0.15) is 184 Å². The number of nitrogens with zero attached hydrogens (tertiary/aromatic N) is 2. The summed E-state index contributed by atoms with van der Waals surface area (Å²) in [5.74, 6) is -3.75. The maximum Gasteiger partial charge on any atom is 0.586 e. The van der Waals surface area contributed by atoms with E-state index in [2.05, 4.69) is 94.6 Å². The SMILES string of the molecule is CC(C)(C)S(=O)(=O)NC1CCC(CNc2cc(F)c3c(c2)OC(F)(F)O3)CC1.CC(C)S(=O)(=O)NC1CCC(CNc2cc(F)c3c(c2)OC(F)(F)O3)CC1.CCS(=O)(=O)NC1CCC(CNc2cc(Cl)c3ncccc3c2)CC1.CCS(=O)(=O)NC1CCC(CNc2cc(F)c3c(c2)OC(F)(F)O3)CC1.CCS(=O)(=O)NC1CCC(CNc2cnc(-c3ccccc3)c(F)c2)CC1. The molecule has 0 atom stereocenters. The molecular formula is C89H119ClF10N12O16S5. The van der Waals surface area contributed by atoms with Crippen molar-refractivity contribution in [2.24, 2.45) is 29.6 Å². The van der Waals surface area contributed by atoms with E-state index in [0.29, 0.717) is 77.8 Å². The Kier molecular flexibility index (Phi) is 35.8. The minimum Gasteiger partial charge on any atom is -0.395 e. The molecule has 5 aliphatic carbocycles. The van der Waals surface area contributed by atoms with Crippen LogP contribution in [0.2, 0.25) is 5.02 Å². The van der Waals surface area contributed by atoms with Gasteiger partial charge < -0.3 is 55.0 Å². The van der Waals surface area contributed by atoms with Crippen LogP contribution in [0, 0.1) is 52.9 Å². The highest BCUT2D eigenvalue weighted by Gasteiger charge is 2.48. The molecule has 0 saturated heterocycles. The van der Waals surface area contributed by atoms with Gasteiger partial charge in [0.05, 0.1) is 49.7 Å². The number of anilines is 5. The van der Waals surface area contributed by atoms with Crippen LogP contribution >= 0.6 is 11.6 Å². The molecule has 3 aliphatic heterocycles. The molecule has 738 valence electrons. The predicted molar refractivity (Wildman–Crippen MR) is 492 cm³/mol. The number of benzene rings is 5. The molecule has 5 aromatic carbocycles. The van der Waals surface area contributed by atoms with Crippen LogP contribution in [-0.2, 0) is 50.1 Å². The fourth-order valence-corrected chi connectivity index (χ4v) is 21.4. The second kappa shape index (κ2) is 45.3. The lowest BCUT2D eigenvalue weighted by Gasteiger charge is -2.31. The first kappa shape index (κ1) is 105. The van der Waals surface area contributed by atoms with Gasteiger partial charge in [-0.25, -0.2) is 83.3 Å². The third-order valence-corrected chi connectivity index (χ3v) is 33.2. The van der Waals surface area contributed by atoms with Gasteiger partial charge in [-0.05, 0) is 232 Å². The lowest BCUT2D eigenvalue weighted by Crippen LogP contribution is -2.46. The normalized spacial score (nSPS) is 22.9. The number of pyridine rings is 2. The molecule has 0 spiro atoms. The monoisotopic (exact) mass is 2000 g/mol. The molecule has 5 heterocycles. The van der Waals surface area contributed by atoms with Crippen molar-refractivity contribution in [3.63, 3.8) is 0 Å². The maximum absolute atomic E-state index is 14.4. The van der Waals surface area contributed by atoms with Crippen molar-refractivity contribution in [3.05, 3.63) is 138 Å². The maximum atomic E-state index is 14.4. The van der Waals surface area contributed by atoms with Crippen LogP contribution in [0.4, 0.5) is 72.3 Å². The van der Waals surface area contributed by atoms with Gasteiger partial charge in [0.25, 0.3) is 0 Å². The molecule has 0 bridgehead atoms.